The molecular formula is C21H24N2O4S. The monoisotopic (exact) mass is 400 g/mol. The lowest BCUT2D eigenvalue weighted by molar-refractivity contribution is -0.123. The Labute approximate surface area is 168 Å². The summed E-state index contributed by atoms with van der Waals surface area (Å²) in [5.41, 5.74) is 2.43. The Morgan fingerprint density at radius 3 is 2.43 bits per heavy atom. The maximum atomic E-state index is 12.4. The van der Waals surface area contributed by atoms with Crippen molar-refractivity contribution in [1.82, 2.24) is 0 Å². The van der Waals surface area contributed by atoms with Crippen LogP contribution in [0.4, 0.5) is 11.4 Å². The van der Waals surface area contributed by atoms with E-state index < -0.39 is 18.0 Å². The van der Waals surface area contributed by atoms with Crippen molar-refractivity contribution in [2.24, 2.45) is 5.92 Å². The molecule has 1 aromatic heterocycles. The highest BCUT2D eigenvalue weighted by atomic mass is 32.1. The Morgan fingerprint density at radius 2 is 1.79 bits per heavy atom. The third-order valence-electron chi connectivity index (χ3n) is 4.66. The van der Waals surface area contributed by atoms with Crippen LogP contribution in [-0.4, -0.2) is 23.9 Å². The molecule has 3 rings (SSSR count). The Bertz CT molecular complexity index is 888. The molecule has 148 valence electrons. The molecule has 0 saturated heterocycles. The highest BCUT2D eigenvalue weighted by Crippen LogP contribution is 2.32. The van der Waals surface area contributed by atoms with Crippen molar-refractivity contribution in [1.29, 1.82) is 0 Å². The van der Waals surface area contributed by atoms with Crippen LogP contribution >= 0.6 is 11.3 Å². The number of rotatable bonds is 5. The summed E-state index contributed by atoms with van der Waals surface area (Å²) >= 11 is 1.47. The van der Waals surface area contributed by atoms with Crippen LogP contribution in [0, 0.1) is 5.92 Å². The fraction of sp³-hybridized carbons (Fsp3) is 0.381. The van der Waals surface area contributed by atoms with Gasteiger partial charge in [0.2, 0.25) is 5.91 Å². The first-order chi connectivity index (χ1) is 13.3. The number of hydrogen-bond donors (Lipinski definition) is 2. The van der Waals surface area contributed by atoms with Crippen molar-refractivity contribution in [2.75, 3.05) is 10.6 Å². The predicted octanol–water partition coefficient (Wildman–Crippen LogP) is 4.02. The molecule has 1 heterocycles. The van der Waals surface area contributed by atoms with Crippen molar-refractivity contribution < 1.29 is 19.1 Å². The average Bonchev–Trinajstić information content (AvgIpc) is 3.06. The van der Waals surface area contributed by atoms with Crippen LogP contribution < -0.4 is 10.6 Å². The zero-order chi connectivity index (χ0) is 20.3. The van der Waals surface area contributed by atoms with Crippen LogP contribution in [0.2, 0.25) is 0 Å². The molecule has 1 aliphatic rings. The number of amides is 2. The summed E-state index contributed by atoms with van der Waals surface area (Å²) < 4.78 is 5.35. The van der Waals surface area contributed by atoms with Gasteiger partial charge in [-0.2, -0.15) is 0 Å². The highest BCUT2D eigenvalue weighted by Gasteiger charge is 2.24. The van der Waals surface area contributed by atoms with Crippen molar-refractivity contribution in [3.63, 3.8) is 0 Å². The number of hydrogen-bond acceptors (Lipinski definition) is 5. The second kappa shape index (κ2) is 8.56. The van der Waals surface area contributed by atoms with Crippen molar-refractivity contribution in [3.05, 3.63) is 45.6 Å². The second-order valence-corrected chi connectivity index (χ2v) is 8.34. The van der Waals surface area contributed by atoms with E-state index in [1.165, 1.54) is 28.7 Å². The van der Waals surface area contributed by atoms with E-state index in [1.54, 1.807) is 31.2 Å². The molecule has 0 bridgehead atoms. The van der Waals surface area contributed by atoms with Gasteiger partial charge in [0.25, 0.3) is 5.91 Å². The molecule has 0 radical (unpaired) electrons. The fourth-order valence-corrected chi connectivity index (χ4v) is 4.25. The van der Waals surface area contributed by atoms with E-state index in [1.807, 2.05) is 6.07 Å². The summed E-state index contributed by atoms with van der Waals surface area (Å²) in [6.45, 7) is 5.19. The minimum Gasteiger partial charge on any atom is -0.448 e. The molecule has 0 fully saturated rings. The van der Waals surface area contributed by atoms with Gasteiger partial charge in [-0.3, -0.25) is 9.59 Å². The smallest absolute Gasteiger partial charge is 0.349 e. The minimum absolute atomic E-state index is 0.165. The van der Waals surface area contributed by atoms with Gasteiger partial charge in [0.1, 0.15) is 4.88 Å². The Hall–Kier alpha value is -2.67. The van der Waals surface area contributed by atoms with Crippen molar-refractivity contribution in [3.8, 4) is 0 Å². The number of ether oxygens (including phenoxy) is 1. The topological polar surface area (TPSA) is 84.5 Å². The van der Waals surface area contributed by atoms with Crippen LogP contribution in [0.15, 0.2) is 30.3 Å². The van der Waals surface area contributed by atoms with Gasteiger partial charge < -0.3 is 15.4 Å². The third kappa shape index (κ3) is 4.98. The molecule has 28 heavy (non-hydrogen) atoms. The van der Waals surface area contributed by atoms with E-state index in [-0.39, 0.29) is 5.91 Å². The second-order valence-electron chi connectivity index (χ2n) is 7.20. The van der Waals surface area contributed by atoms with Gasteiger partial charge in [-0.25, -0.2) is 4.79 Å². The normalized spacial score (nSPS) is 16.6. The number of aryl methyl sites for hydroxylation is 1. The van der Waals surface area contributed by atoms with Crippen LogP contribution in [0.3, 0.4) is 0 Å². The molecule has 1 aliphatic carbocycles. The molecule has 0 aliphatic heterocycles. The summed E-state index contributed by atoms with van der Waals surface area (Å²) in [5, 5.41) is 5.36. The Morgan fingerprint density at radius 1 is 1.14 bits per heavy atom. The van der Waals surface area contributed by atoms with Crippen LogP contribution in [-0.2, 0) is 27.2 Å². The summed E-state index contributed by atoms with van der Waals surface area (Å²) in [5.74, 6) is -0.402. The molecule has 7 heteroatoms. The molecule has 2 amide bonds. The molecule has 0 unspecified atom stereocenters. The van der Waals surface area contributed by atoms with E-state index in [2.05, 4.69) is 17.6 Å². The van der Waals surface area contributed by atoms with E-state index in [0.29, 0.717) is 22.2 Å². The number of thiophene rings is 1. The molecule has 6 nitrogen and oxygen atoms in total. The minimum atomic E-state index is -0.916. The molecule has 2 atom stereocenters. The van der Waals surface area contributed by atoms with Crippen molar-refractivity contribution in [2.45, 2.75) is 46.1 Å². The lowest BCUT2D eigenvalue weighted by atomic mass is 9.90. The molecule has 2 aromatic rings. The maximum absolute atomic E-state index is 12.4. The number of anilines is 2. The largest absolute Gasteiger partial charge is 0.448 e. The predicted molar refractivity (Wildman–Crippen MR) is 110 cm³/mol. The number of carbonyl (C=O) groups excluding carboxylic acids is 3. The average molecular weight is 401 g/mol. The molecule has 1 aromatic carbocycles. The van der Waals surface area contributed by atoms with Crippen molar-refractivity contribution >= 4 is 40.5 Å². The Balaban J connectivity index is 1.56. The Kier molecular flexibility index (Phi) is 6.14. The number of nitrogens with one attached hydrogen (secondary N) is 2. The first-order valence-electron chi connectivity index (χ1n) is 9.33. The molecule has 2 N–H and O–H groups in total. The van der Waals surface area contributed by atoms with E-state index in [0.717, 1.165) is 19.3 Å². The lowest BCUT2D eigenvalue weighted by Gasteiger charge is -2.16. The molecule has 0 spiro atoms. The van der Waals surface area contributed by atoms with Crippen LogP contribution in [0.1, 0.15) is 47.3 Å². The van der Waals surface area contributed by atoms with Gasteiger partial charge >= 0.3 is 5.97 Å². The standard InChI is InChI=1S/C21H24N2O4S/c1-12-4-9-18-15(10-12)11-19(28-18)21(26)27-13(2)20(25)23-17-7-5-16(6-8-17)22-14(3)24/h5-8,11-13H,4,9-10H2,1-3H3,(H,22,24)(H,23,25)/t12-,13-/m0/s1. The number of fused-ring (bicyclic) bond motifs is 1. The van der Waals surface area contributed by atoms with Gasteiger partial charge in [0.15, 0.2) is 6.10 Å². The van der Waals surface area contributed by atoms with Gasteiger partial charge in [0.05, 0.1) is 0 Å². The highest BCUT2D eigenvalue weighted by molar-refractivity contribution is 7.14. The summed E-state index contributed by atoms with van der Waals surface area (Å²) in [6.07, 6.45) is 2.21. The van der Waals surface area contributed by atoms with E-state index >= 15 is 0 Å². The number of esters is 1. The first-order valence-corrected chi connectivity index (χ1v) is 10.1. The van der Waals surface area contributed by atoms with E-state index in [4.69, 9.17) is 4.74 Å². The SMILES string of the molecule is CC(=O)Nc1ccc(NC(=O)[C@H](C)OC(=O)c2cc3c(s2)CC[C@H](C)C3)cc1. The van der Waals surface area contributed by atoms with Gasteiger partial charge in [0, 0.05) is 23.2 Å². The van der Waals surface area contributed by atoms with E-state index in [9.17, 15) is 14.4 Å². The van der Waals surface area contributed by atoms with Crippen LogP contribution in [0.5, 0.6) is 0 Å². The fourth-order valence-electron chi connectivity index (χ4n) is 3.16. The molecule has 0 saturated carbocycles. The third-order valence-corrected chi connectivity index (χ3v) is 5.87. The quantitative estimate of drug-likeness (QED) is 0.743. The summed E-state index contributed by atoms with van der Waals surface area (Å²) in [4.78, 5) is 37.6. The number of carbonyl (C=O) groups is 3. The van der Waals surface area contributed by atoms with Gasteiger partial charge in [-0.15, -0.1) is 11.3 Å². The zero-order valence-electron chi connectivity index (χ0n) is 16.2. The van der Waals surface area contributed by atoms with Gasteiger partial charge in [-0.1, -0.05) is 6.92 Å². The summed E-state index contributed by atoms with van der Waals surface area (Å²) in [6, 6.07) is 8.62. The first kappa shape index (κ1) is 20.1. The van der Waals surface area contributed by atoms with Gasteiger partial charge in [-0.05, 0) is 68.0 Å². The number of benzene rings is 1. The van der Waals surface area contributed by atoms with Crippen LogP contribution in [0.25, 0.3) is 0 Å². The maximum Gasteiger partial charge on any atom is 0.349 e. The lowest BCUT2D eigenvalue weighted by Crippen LogP contribution is -2.29. The zero-order valence-corrected chi connectivity index (χ0v) is 17.0. The summed E-state index contributed by atoms with van der Waals surface area (Å²) in [7, 11) is 0. The molecular weight excluding hydrogens is 376 g/mol.